The maximum Gasteiger partial charge on any atom is 0.133 e. The first kappa shape index (κ1) is 11.5. The van der Waals surface area contributed by atoms with Crippen LogP contribution in [-0.4, -0.2) is 9.97 Å². The highest BCUT2D eigenvalue weighted by Gasteiger charge is 2.07. The third kappa shape index (κ3) is 2.08. The lowest BCUT2D eigenvalue weighted by Crippen LogP contribution is -1.98. The molecule has 2 rings (SSSR count). The van der Waals surface area contributed by atoms with Crippen LogP contribution < -0.4 is 0 Å². The highest BCUT2D eigenvalue weighted by molar-refractivity contribution is 7.71. The minimum atomic E-state index is 0.703. The van der Waals surface area contributed by atoms with Gasteiger partial charge in [-0.15, -0.1) is 11.3 Å². The van der Waals surface area contributed by atoms with Gasteiger partial charge in [-0.25, -0.2) is 4.98 Å². The van der Waals surface area contributed by atoms with Gasteiger partial charge >= 0.3 is 0 Å². The molecule has 0 aliphatic rings. The quantitative estimate of drug-likeness (QED) is 0.815. The molecule has 0 saturated carbocycles. The molecular formula is C12H14N2S2. The normalized spacial score (nSPS) is 10.7. The lowest BCUT2D eigenvalue weighted by atomic mass is 10.1. The monoisotopic (exact) mass is 250 g/mol. The van der Waals surface area contributed by atoms with Crippen molar-refractivity contribution in [2.75, 3.05) is 0 Å². The Bertz CT molecular complexity index is 567. The number of nitrogens with zero attached hydrogens (tertiary/aromatic N) is 1. The van der Waals surface area contributed by atoms with Crippen LogP contribution in [0.2, 0.25) is 0 Å². The molecule has 0 amide bonds. The molecule has 0 aromatic carbocycles. The summed E-state index contributed by atoms with van der Waals surface area (Å²) < 4.78 is 0.703. The minimum absolute atomic E-state index is 0.703. The Morgan fingerprint density at radius 3 is 2.75 bits per heavy atom. The van der Waals surface area contributed by atoms with Crippen molar-refractivity contribution >= 4 is 23.6 Å². The summed E-state index contributed by atoms with van der Waals surface area (Å²) >= 11 is 7.03. The number of nitrogens with one attached hydrogen (secondary N) is 1. The van der Waals surface area contributed by atoms with Gasteiger partial charge in [-0.2, -0.15) is 0 Å². The Balaban J connectivity index is 2.64. The third-order valence-corrected chi connectivity index (χ3v) is 3.81. The molecule has 16 heavy (non-hydrogen) atoms. The molecule has 0 spiro atoms. The second-order valence-electron chi connectivity index (χ2n) is 3.79. The van der Waals surface area contributed by atoms with Crippen molar-refractivity contribution in [3.8, 4) is 11.3 Å². The SMILES string of the molecule is CCc1nc(=S)c(C)c(-c2csc(C)c2)[nH]1. The Hall–Kier alpha value is -1.00. The van der Waals surface area contributed by atoms with Crippen LogP contribution in [0, 0.1) is 18.5 Å². The standard InChI is InChI=1S/C12H14N2S2/c1-4-10-13-11(8(3)12(15)14-10)9-5-7(2)16-6-9/h5-6H,4H2,1-3H3,(H,13,14,15). The van der Waals surface area contributed by atoms with E-state index in [2.05, 4.69) is 35.3 Å². The van der Waals surface area contributed by atoms with Gasteiger partial charge in [0.05, 0.1) is 5.69 Å². The zero-order chi connectivity index (χ0) is 11.7. The van der Waals surface area contributed by atoms with E-state index in [1.54, 1.807) is 11.3 Å². The molecule has 2 aromatic rings. The first-order chi connectivity index (χ1) is 7.61. The molecule has 0 atom stereocenters. The highest BCUT2D eigenvalue weighted by atomic mass is 32.1. The molecule has 0 saturated heterocycles. The van der Waals surface area contributed by atoms with E-state index in [1.165, 1.54) is 10.4 Å². The molecule has 0 fully saturated rings. The van der Waals surface area contributed by atoms with Crippen LogP contribution >= 0.6 is 23.6 Å². The van der Waals surface area contributed by atoms with Crippen molar-refractivity contribution in [2.45, 2.75) is 27.2 Å². The van der Waals surface area contributed by atoms with Gasteiger partial charge in [0.15, 0.2) is 0 Å². The fraction of sp³-hybridized carbons (Fsp3) is 0.333. The minimum Gasteiger partial charge on any atom is -0.343 e. The van der Waals surface area contributed by atoms with Crippen molar-refractivity contribution in [1.29, 1.82) is 0 Å². The summed E-state index contributed by atoms with van der Waals surface area (Å²) in [5, 5.41) is 2.16. The smallest absolute Gasteiger partial charge is 0.133 e. The van der Waals surface area contributed by atoms with Crippen molar-refractivity contribution < 1.29 is 0 Å². The highest BCUT2D eigenvalue weighted by Crippen LogP contribution is 2.26. The first-order valence-electron chi connectivity index (χ1n) is 5.27. The molecule has 1 N–H and O–H groups in total. The summed E-state index contributed by atoms with van der Waals surface area (Å²) in [7, 11) is 0. The summed E-state index contributed by atoms with van der Waals surface area (Å²) in [4.78, 5) is 9.02. The number of aromatic amines is 1. The van der Waals surface area contributed by atoms with E-state index >= 15 is 0 Å². The number of hydrogen-bond donors (Lipinski definition) is 1. The second kappa shape index (κ2) is 4.47. The Morgan fingerprint density at radius 1 is 1.44 bits per heavy atom. The average molecular weight is 250 g/mol. The van der Waals surface area contributed by atoms with Crippen LogP contribution in [0.1, 0.15) is 23.2 Å². The largest absolute Gasteiger partial charge is 0.343 e. The summed E-state index contributed by atoms with van der Waals surface area (Å²) in [6.07, 6.45) is 0.875. The van der Waals surface area contributed by atoms with E-state index in [9.17, 15) is 0 Å². The van der Waals surface area contributed by atoms with Gasteiger partial charge in [0, 0.05) is 27.8 Å². The topological polar surface area (TPSA) is 28.7 Å². The van der Waals surface area contributed by atoms with E-state index in [0.29, 0.717) is 4.64 Å². The maximum atomic E-state index is 5.27. The predicted molar refractivity (Wildman–Crippen MR) is 71.6 cm³/mol. The van der Waals surface area contributed by atoms with Gasteiger partial charge in [0.2, 0.25) is 0 Å². The molecule has 0 radical (unpaired) electrons. The lowest BCUT2D eigenvalue weighted by Gasteiger charge is -2.06. The molecule has 2 aromatic heterocycles. The fourth-order valence-electron chi connectivity index (χ4n) is 1.61. The first-order valence-corrected chi connectivity index (χ1v) is 6.56. The zero-order valence-electron chi connectivity index (χ0n) is 9.63. The average Bonchev–Trinajstić information content (AvgIpc) is 2.68. The number of aryl methyl sites for hydroxylation is 2. The van der Waals surface area contributed by atoms with Gasteiger partial charge in [-0.1, -0.05) is 19.1 Å². The van der Waals surface area contributed by atoms with Gasteiger partial charge < -0.3 is 4.98 Å². The Labute approximate surface area is 104 Å². The number of aromatic nitrogens is 2. The molecule has 0 aliphatic heterocycles. The lowest BCUT2D eigenvalue weighted by molar-refractivity contribution is 0.926. The molecule has 2 heterocycles. The summed E-state index contributed by atoms with van der Waals surface area (Å²) in [6, 6.07) is 2.18. The molecule has 2 nitrogen and oxygen atoms in total. The molecule has 4 heteroatoms. The van der Waals surface area contributed by atoms with Crippen LogP contribution in [0.25, 0.3) is 11.3 Å². The van der Waals surface area contributed by atoms with Crippen molar-refractivity contribution in [2.24, 2.45) is 0 Å². The molecule has 84 valence electrons. The molecule has 0 bridgehead atoms. The Kier molecular flexibility index (Phi) is 3.21. The van der Waals surface area contributed by atoms with Crippen molar-refractivity contribution in [3.05, 3.63) is 32.4 Å². The molecular weight excluding hydrogens is 236 g/mol. The Morgan fingerprint density at radius 2 is 2.19 bits per heavy atom. The predicted octanol–water partition coefficient (Wildman–Crippen LogP) is 4.05. The zero-order valence-corrected chi connectivity index (χ0v) is 11.3. The van der Waals surface area contributed by atoms with Gasteiger partial charge in [-0.3, -0.25) is 0 Å². The van der Waals surface area contributed by atoms with E-state index in [-0.39, 0.29) is 0 Å². The van der Waals surface area contributed by atoms with Crippen LogP contribution in [0.3, 0.4) is 0 Å². The van der Waals surface area contributed by atoms with Crippen molar-refractivity contribution in [1.82, 2.24) is 9.97 Å². The number of thiophene rings is 1. The molecule has 0 aliphatic carbocycles. The number of hydrogen-bond acceptors (Lipinski definition) is 3. The fourth-order valence-corrected chi connectivity index (χ4v) is 2.52. The number of rotatable bonds is 2. The van der Waals surface area contributed by atoms with E-state index in [1.807, 2.05) is 6.92 Å². The van der Waals surface area contributed by atoms with Crippen LogP contribution in [0.15, 0.2) is 11.4 Å². The van der Waals surface area contributed by atoms with Gasteiger partial charge in [0.1, 0.15) is 10.5 Å². The number of H-pyrrole nitrogens is 1. The second-order valence-corrected chi connectivity index (χ2v) is 5.29. The van der Waals surface area contributed by atoms with Crippen LogP contribution in [0.4, 0.5) is 0 Å². The van der Waals surface area contributed by atoms with E-state index < -0.39 is 0 Å². The van der Waals surface area contributed by atoms with E-state index in [0.717, 1.165) is 23.5 Å². The summed E-state index contributed by atoms with van der Waals surface area (Å²) in [5.74, 6) is 0.953. The summed E-state index contributed by atoms with van der Waals surface area (Å²) in [5.41, 5.74) is 3.38. The van der Waals surface area contributed by atoms with Gasteiger partial charge in [0.25, 0.3) is 0 Å². The third-order valence-electron chi connectivity index (χ3n) is 2.56. The summed E-state index contributed by atoms with van der Waals surface area (Å²) in [6.45, 7) is 6.21. The molecule has 0 unspecified atom stereocenters. The van der Waals surface area contributed by atoms with Gasteiger partial charge in [-0.05, 0) is 19.9 Å². The van der Waals surface area contributed by atoms with Crippen LogP contribution in [0.5, 0.6) is 0 Å². The van der Waals surface area contributed by atoms with E-state index in [4.69, 9.17) is 12.2 Å². The maximum absolute atomic E-state index is 5.27. The van der Waals surface area contributed by atoms with Crippen LogP contribution in [-0.2, 0) is 6.42 Å². The van der Waals surface area contributed by atoms with Crippen molar-refractivity contribution in [3.63, 3.8) is 0 Å².